The number of benzene rings is 2. The van der Waals surface area contributed by atoms with E-state index in [1.165, 1.54) is 0 Å². The summed E-state index contributed by atoms with van der Waals surface area (Å²) in [4.78, 5) is 17.9. The summed E-state index contributed by atoms with van der Waals surface area (Å²) in [5.41, 5.74) is 2.86. The van der Waals surface area contributed by atoms with Gasteiger partial charge in [0.05, 0.1) is 21.9 Å². The highest BCUT2D eigenvalue weighted by molar-refractivity contribution is 9.10. The zero-order valence-corrected chi connectivity index (χ0v) is 20.0. The molecule has 7 nitrogen and oxygen atoms in total. The number of halogens is 2. The van der Waals surface area contributed by atoms with Crippen molar-refractivity contribution in [1.29, 1.82) is 0 Å². The van der Waals surface area contributed by atoms with E-state index in [9.17, 15) is 4.79 Å². The minimum atomic E-state index is -0.137. The van der Waals surface area contributed by atoms with Gasteiger partial charge in [-0.3, -0.25) is 9.93 Å². The van der Waals surface area contributed by atoms with Crippen molar-refractivity contribution in [3.8, 4) is 11.3 Å². The van der Waals surface area contributed by atoms with Crippen LogP contribution < -0.4 is 15.8 Å². The molecule has 0 radical (unpaired) electrons. The number of nitrogens with two attached hydrogens (primary N) is 1. The molecule has 4 aromatic rings. The van der Waals surface area contributed by atoms with Gasteiger partial charge in [-0.2, -0.15) is 9.61 Å². The first-order valence-electron chi connectivity index (χ1n) is 9.85. The molecule has 1 amide bonds. The molecule has 164 valence electrons. The van der Waals surface area contributed by atoms with Crippen molar-refractivity contribution in [2.45, 2.75) is 11.3 Å². The number of fused-ring (bicyclic) bond motifs is 1. The van der Waals surface area contributed by atoms with E-state index in [1.807, 2.05) is 48.5 Å². The number of carbonyl (C=O) groups is 1. The maximum absolute atomic E-state index is 12.4. The van der Waals surface area contributed by atoms with Crippen LogP contribution in [0, 0.1) is 0 Å². The molecule has 0 aliphatic rings. The number of amides is 1. The van der Waals surface area contributed by atoms with Crippen LogP contribution in [0.1, 0.15) is 16.8 Å². The fourth-order valence-corrected chi connectivity index (χ4v) is 4.25. The first-order chi connectivity index (χ1) is 15.6. The van der Waals surface area contributed by atoms with E-state index in [0.717, 1.165) is 44.8 Å². The molecule has 0 fully saturated rings. The Labute approximate surface area is 203 Å². The molecule has 0 aliphatic carbocycles. The van der Waals surface area contributed by atoms with Crippen molar-refractivity contribution >= 4 is 56.9 Å². The predicted molar refractivity (Wildman–Crippen MR) is 133 cm³/mol. The van der Waals surface area contributed by atoms with Gasteiger partial charge in [-0.15, -0.1) is 0 Å². The minimum absolute atomic E-state index is 0.137. The second-order valence-electron chi connectivity index (χ2n) is 6.88. The fourth-order valence-electron chi connectivity index (χ4n) is 3.23. The zero-order chi connectivity index (χ0) is 22.5. The summed E-state index contributed by atoms with van der Waals surface area (Å²) in [7, 11) is 0. The lowest BCUT2D eigenvalue weighted by Gasteiger charge is -2.12. The summed E-state index contributed by atoms with van der Waals surface area (Å²) >= 11 is 10.9. The van der Waals surface area contributed by atoms with Crippen LogP contribution in [0.25, 0.3) is 16.9 Å². The Morgan fingerprint density at radius 3 is 2.75 bits per heavy atom. The number of nitrogens with zero attached hydrogens (tertiary/aromatic N) is 3. The highest BCUT2D eigenvalue weighted by Gasteiger charge is 2.13. The SMILES string of the molecule is NSc1ccccc1C(=O)NCCCNc1cc(-c2ccccc2Cl)nc2c(Br)cnn12. The summed E-state index contributed by atoms with van der Waals surface area (Å²) < 4.78 is 2.52. The van der Waals surface area contributed by atoms with Gasteiger partial charge < -0.3 is 10.6 Å². The monoisotopic (exact) mass is 530 g/mol. The minimum Gasteiger partial charge on any atom is -0.370 e. The first-order valence-corrected chi connectivity index (χ1v) is 11.9. The van der Waals surface area contributed by atoms with Crippen molar-refractivity contribution in [2.24, 2.45) is 5.14 Å². The van der Waals surface area contributed by atoms with Crippen molar-refractivity contribution in [2.75, 3.05) is 18.4 Å². The van der Waals surface area contributed by atoms with Gasteiger partial charge in [0.2, 0.25) is 0 Å². The van der Waals surface area contributed by atoms with Crippen LogP contribution in [0.3, 0.4) is 0 Å². The third-order valence-corrected chi connectivity index (χ3v) is 6.28. The number of aromatic nitrogens is 3. The number of anilines is 1. The summed E-state index contributed by atoms with van der Waals surface area (Å²) in [5.74, 6) is 0.647. The second kappa shape index (κ2) is 10.4. The molecular weight excluding hydrogens is 512 g/mol. The average molecular weight is 532 g/mol. The van der Waals surface area contributed by atoms with Crippen molar-refractivity contribution < 1.29 is 4.79 Å². The standard InChI is InChI=1S/C22H20BrClN6OS/c23-16-13-28-30-20(12-18(29-21(16)30)14-6-1-3-8-17(14)24)26-10-5-11-27-22(31)15-7-2-4-9-19(15)32-25/h1-4,6-9,12-13,26H,5,10-11,25H2,(H,27,31). The number of rotatable bonds is 8. The maximum Gasteiger partial charge on any atom is 0.252 e. The van der Waals surface area contributed by atoms with Crippen LogP contribution >= 0.6 is 39.5 Å². The number of carbonyl (C=O) groups excluding carboxylic acids is 1. The van der Waals surface area contributed by atoms with E-state index in [1.54, 1.807) is 16.8 Å². The van der Waals surface area contributed by atoms with Gasteiger partial charge in [-0.25, -0.2) is 4.98 Å². The Hall–Kier alpha value is -2.59. The summed E-state index contributed by atoms with van der Waals surface area (Å²) in [5, 5.41) is 17.0. The molecule has 10 heteroatoms. The zero-order valence-electron chi connectivity index (χ0n) is 16.9. The molecule has 0 bridgehead atoms. The van der Waals surface area contributed by atoms with Crippen LogP contribution in [-0.2, 0) is 0 Å². The Balaban J connectivity index is 1.43. The van der Waals surface area contributed by atoms with Crippen LogP contribution in [0.4, 0.5) is 5.82 Å². The van der Waals surface area contributed by atoms with Gasteiger partial charge in [0, 0.05) is 34.6 Å². The molecular formula is C22H20BrClN6OS. The van der Waals surface area contributed by atoms with Gasteiger partial charge in [-0.05, 0) is 52.5 Å². The predicted octanol–water partition coefficient (Wildman–Crippen LogP) is 5.01. The van der Waals surface area contributed by atoms with Crippen LogP contribution in [0.15, 0.2) is 70.2 Å². The van der Waals surface area contributed by atoms with E-state index in [-0.39, 0.29) is 5.91 Å². The van der Waals surface area contributed by atoms with Gasteiger partial charge in [0.15, 0.2) is 5.65 Å². The molecule has 0 aliphatic heterocycles. The van der Waals surface area contributed by atoms with Crippen molar-refractivity contribution in [3.63, 3.8) is 0 Å². The quantitative estimate of drug-likeness (QED) is 0.218. The average Bonchev–Trinajstić information content (AvgIpc) is 3.19. The molecule has 0 atom stereocenters. The Kier molecular flexibility index (Phi) is 7.31. The first kappa shape index (κ1) is 22.6. The Morgan fingerprint density at radius 2 is 1.94 bits per heavy atom. The Morgan fingerprint density at radius 1 is 1.16 bits per heavy atom. The molecule has 0 saturated heterocycles. The van der Waals surface area contributed by atoms with Crippen LogP contribution in [-0.4, -0.2) is 33.6 Å². The van der Waals surface area contributed by atoms with Crippen molar-refractivity contribution in [3.05, 3.63) is 75.9 Å². The topological polar surface area (TPSA) is 97.3 Å². The molecule has 0 saturated carbocycles. The van der Waals surface area contributed by atoms with Gasteiger partial charge in [-0.1, -0.05) is 41.9 Å². The van der Waals surface area contributed by atoms with Gasteiger partial charge in [0.25, 0.3) is 5.91 Å². The molecule has 32 heavy (non-hydrogen) atoms. The van der Waals surface area contributed by atoms with Gasteiger partial charge >= 0.3 is 0 Å². The number of nitrogens with one attached hydrogen (secondary N) is 2. The third-order valence-electron chi connectivity index (χ3n) is 4.78. The lowest BCUT2D eigenvalue weighted by Crippen LogP contribution is -2.26. The summed E-state index contributed by atoms with van der Waals surface area (Å²) in [6, 6.07) is 16.8. The maximum atomic E-state index is 12.4. The van der Waals surface area contributed by atoms with Crippen LogP contribution in [0.5, 0.6) is 0 Å². The van der Waals surface area contributed by atoms with Crippen LogP contribution in [0.2, 0.25) is 5.02 Å². The Bertz CT molecular complexity index is 1260. The summed E-state index contributed by atoms with van der Waals surface area (Å²) in [6.07, 6.45) is 2.42. The lowest BCUT2D eigenvalue weighted by molar-refractivity contribution is 0.0950. The van der Waals surface area contributed by atoms with E-state index >= 15 is 0 Å². The lowest BCUT2D eigenvalue weighted by atomic mass is 10.1. The number of hydrogen-bond acceptors (Lipinski definition) is 6. The smallest absolute Gasteiger partial charge is 0.252 e. The summed E-state index contributed by atoms with van der Waals surface area (Å²) in [6.45, 7) is 1.15. The molecule has 2 aromatic heterocycles. The van der Waals surface area contributed by atoms with E-state index in [4.69, 9.17) is 21.7 Å². The van der Waals surface area contributed by atoms with E-state index < -0.39 is 0 Å². The number of hydrogen-bond donors (Lipinski definition) is 3. The molecule has 0 unspecified atom stereocenters. The largest absolute Gasteiger partial charge is 0.370 e. The van der Waals surface area contributed by atoms with Crippen molar-refractivity contribution in [1.82, 2.24) is 19.9 Å². The van der Waals surface area contributed by atoms with E-state index in [0.29, 0.717) is 29.3 Å². The fraction of sp³-hybridized carbons (Fsp3) is 0.136. The molecule has 4 N–H and O–H groups in total. The molecule has 2 aromatic carbocycles. The molecule has 2 heterocycles. The normalized spacial score (nSPS) is 11.0. The van der Waals surface area contributed by atoms with E-state index in [2.05, 4.69) is 31.7 Å². The third kappa shape index (κ3) is 4.91. The highest BCUT2D eigenvalue weighted by Crippen LogP contribution is 2.30. The highest BCUT2D eigenvalue weighted by atomic mass is 79.9. The van der Waals surface area contributed by atoms with Gasteiger partial charge in [0.1, 0.15) is 5.82 Å². The molecule has 4 rings (SSSR count). The molecule has 0 spiro atoms. The second-order valence-corrected chi connectivity index (χ2v) is 8.82.